The van der Waals surface area contributed by atoms with Crippen LogP contribution in [-0.2, 0) is 17.7 Å². The molecule has 3 N–H and O–H groups in total. The second-order valence-electron chi connectivity index (χ2n) is 5.27. The topological polar surface area (TPSA) is 103 Å². The van der Waals surface area contributed by atoms with E-state index in [1.165, 1.54) is 0 Å². The summed E-state index contributed by atoms with van der Waals surface area (Å²) >= 11 is 0. The number of rotatable bonds is 8. The number of aromatic nitrogens is 1. The molecule has 0 aliphatic carbocycles. The van der Waals surface area contributed by atoms with E-state index in [1.54, 1.807) is 34.5 Å². The van der Waals surface area contributed by atoms with Gasteiger partial charge in [-0.05, 0) is 24.1 Å². The van der Waals surface area contributed by atoms with Gasteiger partial charge in [-0.3, -0.25) is 0 Å². The lowest BCUT2D eigenvalue weighted by Crippen LogP contribution is -2.03. The summed E-state index contributed by atoms with van der Waals surface area (Å²) < 4.78 is 21.6. The molecule has 0 atom stereocenters. The highest BCUT2D eigenvalue weighted by Gasteiger charge is 2.24. The van der Waals surface area contributed by atoms with Crippen LogP contribution in [0.4, 0.5) is 0 Å². The Kier molecular flexibility index (Phi) is 6.28. The van der Waals surface area contributed by atoms with Crippen LogP contribution >= 0.6 is 0 Å². The number of benzene rings is 1. The van der Waals surface area contributed by atoms with Crippen molar-refractivity contribution < 1.29 is 18.9 Å². The number of aromatic amines is 1. The van der Waals surface area contributed by atoms with Crippen molar-refractivity contribution >= 4 is 0 Å². The van der Waals surface area contributed by atoms with Gasteiger partial charge in [0.15, 0.2) is 11.5 Å². The third-order valence-electron chi connectivity index (χ3n) is 4.03. The van der Waals surface area contributed by atoms with Crippen molar-refractivity contribution in [3.63, 3.8) is 0 Å². The van der Waals surface area contributed by atoms with Crippen LogP contribution < -0.4 is 19.9 Å². The summed E-state index contributed by atoms with van der Waals surface area (Å²) in [4.78, 5) is 3.11. The highest BCUT2D eigenvalue weighted by Crippen LogP contribution is 2.46. The van der Waals surface area contributed by atoms with E-state index in [0.29, 0.717) is 36.0 Å². The molecule has 25 heavy (non-hydrogen) atoms. The van der Waals surface area contributed by atoms with E-state index < -0.39 is 0 Å². The Hall–Kier alpha value is -2.69. The summed E-state index contributed by atoms with van der Waals surface area (Å²) in [5.41, 5.74) is 9.60. The first-order chi connectivity index (χ1) is 12.2. The van der Waals surface area contributed by atoms with E-state index in [9.17, 15) is 5.26 Å². The molecule has 0 spiro atoms. The highest BCUT2D eigenvalue weighted by molar-refractivity contribution is 5.81. The summed E-state index contributed by atoms with van der Waals surface area (Å²) in [6, 6.07) is 5.87. The van der Waals surface area contributed by atoms with E-state index in [2.05, 4.69) is 11.1 Å². The predicted molar refractivity (Wildman–Crippen MR) is 94.1 cm³/mol. The third kappa shape index (κ3) is 3.40. The number of H-pyrrole nitrogens is 1. The van der Waals surface area contributed by atoms with Gasteiger partial charge in [-0.15, -0.1) is 0 Å². The molecule has 0 aliphatic heterocycles. The Morgan fingerprint density at radius 3 is 2.32 bits per heavy atom. The largest absolute Gasteiger partial charge is 0.493 e. The second kappa shape index (κ2) is 8.42. The van der Waals surface area contributed by atoms with E-state index >= 15 is 0 Å². The summed E-state index contributed by atoms with van der Waals surface area (Å²) in [7, 11) is 6.31. The molecule has 7 nitrogen and oxygen atoms in total. The molecule has 0 amide bonds. The average molecular weight is 345 g/mol. The van der Waals surface area contributed by atoms with Crippen LogP contribution in [-0.4, -0.2) is 40.0 Å². The quantitative estimate of drug-likeness (QED) is 0.760. The van der Waals surface area contributed by atoms with E-state index in [1.807, 2.05) is 6.07 Å². The maximum absolute atomic E-state index is 9.47. The second-order valence-corrected chi connectivity index (χ2v) is 5.27. The lowest BCUT2D eigenvalue weighted by molar-refractivity contribution is 0.202. The lowest BCUT2D eigenvalue weighted by atomic mass is 9.96. The molecular formula is C18H23N3O4. The fourth-order valence-corrected chi connectivity index (χ4v) is 2.92. The zero-order valence-electron chi connectivity index (χ0n) is 14.9. The molecule has 7 heteroatoms. The number of ether oxygens (including phenoxy) is 4. The van der Waals surface area contributed by atoms with Gasteiger partial charge < -0.3 is 29.7 Å². The number of nitrogens with zero attached hydrogens (tertiary/aromatic N) is 1. The van der Waals surface area contributed by atoms with Crippen molar-refractivity contribution in [2.75, 3.05) is 35.0 Å². The smallest absolute Gasteiger partial charge is 0.203 e. The van der Waals surface area contributed by atoms with E-state index in [0.717, 1.165) is 22.4 Å². The van der Waals surface area contributed by atoms with Gasteiger partial charge in [-0.1, -0.05) is 0 Å². The Balaban J connectivity index is 2.77. The van der Waals surface area contributed by atoms with Crippen LogP contribution in [0.3, 0.4) is 0 Å². The Morgan fingerprint density at radius 2 is 1.80 bits per heavy atom. The number of nitriles is 1. The van der Waals surface area contributed by atoms with Crippen LogP contribution in [0.25, 0.3) is 11.1 Å². The first kappa shape index (κ1) is 18.6. The van der Waals surface area contributed by atoms with Gasteiger partial charge >= 0.3 is 0 Å². The molecule has 134 valence electrons. The zero-order valence-corrected chi connectivity index (χ0v) is 14.9. The number of nitrogens with one attached hydrogen (secondary N) is 1. The molecule has 0 saturated carbocycles. The predicted octanol–water partition coefficient (Wildman–Crippen LogP) is 2.23. The van der Waals surface area contributed by atoms with Gasteiger partial charge in [0.2, 0.25) is 5.75 Å². The van der Waals surface area contributed by atoms with Crippen LogP contribution in [0.2, 0.25) is 0 Å². The van der Waals surface area contributed by atoms with Gasteiger partial charge in [0.05, 0.1) is 27.9 Å². The van der Waals surface area contributed by atoms with Gasteiger partial charge in [-0.25, -0.2) is 0 Å². The Labute approximate surface area is 147 Å². The molecule has 0 unspecified atom stereocenters. The number of methoxy groups -OCH3 is 4. The molecular weight excluding hydrogens is 322 g/mol. The molecule has 0 radical (unpaired) electrons. The van der Waals surface area contributed by atoms with Gasteiger partial charge in [0, 0.05) is 30.5 Å². The monoisotopic (exact) mass is 345 g/mol. The number of hydrogen-bond acceptors (Lipinski definition) is 6. The minimum atomic E-state index is 0.258. The molecule has 2 aromatic rings. The maximum atomic E-state index is 9.47. The summed E-state index contributed by atoms with van der Waals surface area (Å²) in [6.45, 7) is 0.744. The fourth-order valence-electron chi connectivity index (χ4n) is 2.92. The summed E-state index contributed by atoms with van der Waals surface area (Å²) in [5, 5.41) is 9.47. The van der Waals surface area contributed by atoms with E-state index in [4.69, 9.17) is 24.7 Å². The molecule has 2 rings (SSSR count). The zero-order chi connectivity index (χ0) is 18.4. The van der Waals surface area contributed by atoms with Crippen LogP contribution in [0.1, 0.15) is 17.0 Å². The summed E-state index contributed by atoms with van der Waals surface area (Å²) in [5.74, 6) is 1.58. The molecule has 1 heterocycles. The van der Waals surface area contributed by atoms with Gasteiger partial charge in [-0.2, -0.15) is 5.26 Å². The van der Waals surface area contributed by atoms with Crippen molar-refractivity contribution in [2.45, 2.75) is 13.0 Å². The van der Waals surface area contributed by atoms with Crippen molar-refractivity contribution in [3.8, 4) is 34.4 Å². The molecule has 0 fully saturated rings. The normalized spacial score (nSPS) is 10.4. The van der Waals surface area contributed by atoms with Crippen LogP contribution in [0.5, 0.6) is 17.2 Å². The molecule has 1 aromatic heterocycles. The first-order valence-electron chi connectivity index (χ1n) is 7.78. The minimum absolute atomic E-state index is 0.258. The average Bonchev–Trinajstić information content (AvgIpc) is 3.02. The molecule has 0 saturated heterocycles. The van der Waals surface area contributed by atoms with E-state index in [-0.39, 0.29) is 6.54 Å². The molecule has 1 aromatic carbocycles. The highest BCUT2D eigenvalue weighted by atomic mass is 16.5. The van der Waals surface area contributed by atoms with Crippen LogP contribution in [0.15, 0.2) is 12.1 Å². The fraction of sp³-hybridized carbons (Fsp3) is 0.389. The van der Waals surface area contributed by atoms with Crippen molar-refractivity contribution in [1.29, 1.82) is 5.26 Å². The van der Waals surface area contributed by atoms with Crippen LogP contribution in [0, 0.1) is 11.3 Å². The SMILES string of the molecule is COCCc1c(C#N)[nH]c(CN)c1-c1ccc(OC)c(OC)c1OC. The van der Waals surface area contributed by atoms with Crippen molar-refractivity contribution in [1.82, 2.24) is 4.98 Å². The lowest BCUT2D eigenvalue weighted by Gasteiger charge is -2.17. The number of nitrogens with two attached hydrogens (primary N) is 1. The van der Waals surface area contributed by atoms with Crippen molar-refractivity contribution in [2.24, 2.45) is 5.73 Å². The van der Waals surface area contributed by atoms with Gasteiger partial charge in [0.25, 0.3) is 0 Å². The Morgan fingerprint density at radius 1 is 1.08 bits per heavy atom. The van der Waals surface area contributed by atoms with Gasteiger partial charge in [0.1, 0.15) is 11.8 Å². The summed E-state index contributed by atoms with van der Waals surface area (Å²) in [6.07, 6.45) is 0.572. The number of hydrogen-bond donors (Lipinski definition) is 2. The first-order valence-corrected chi connectivity index (χ1v) is 7.78. The molecule has 0 aliphatic rings. The maximum Gasteiger partial charge on any atom is 0.203 e. The van der Waals surface area contributed by atoms with Crippen molar-refractivity contribution in [3.05, 3.63) is 29.1 Å². The molecule has 0 bridgehead atoms. The minimum Gasteiger partial charge on any atom is -0.493 e. The standard InChI is InChI=1S/C18H23N3O4/c1-22-8-7-11-13(9-19)21-14(10-20)16(11)12-5-6-15(23-2)18(25-4)17(12)24-3/h5-6,21H,7-8,10,20H2,1-4H3. The third-order valence-corrected chi connectivity index (χ3v) is 4.03. The Bertz CT molecular complexity index is 778.